The molecule has 98 valence electrons. The predicted octanol–water partition coefficient (Wildman–Crippen LogP) is 1.32. The van der Waals surface area contributed by atoms with Gasteiger partial charge in [0.25, 0.3) is 0 Å². The fourth-order valence-electron chi connectivity index (χ4n) is 2.87. The summed E-state index contributed by atoms with van der Waals surface area (Å²) < 4.78 is 0. The molecule has 3 nitrogen and oxygen atoms in total. The lowest BCUT2D eigenvalue weighted by Gasteiger charge is -2.44. The first-order valence-corrected chi connectivity index (χ1v) is 6.92. The van der Waals surface area contributed by atoms with Gasteiger partial charge in [0.15, 0.2) is 0 Å². The molecule has 2 heterocycles. The molecule has 1 N–H and O–H groups in total. The third-order valence-electron chi connectivity index (χ3n) is 4.10. The van der Waals surface area contributed by atoms with Crippen LogP contribution in [0.4, 0.5) is 0 Å². The molecule has 0 aliphatic carbocycles. The van der Waals surface area contributed by atoms with Crippen LogP contribution in [0.5, 0.6) is 0 Å². The molecular weight excluding hydrogens is 210 g/mol. The molecule has 2 aliphatic rings. The molecule has 0 radical (unpaired) electrons. The quantitative estimate of drug-likeness (QED) is 0.747. The average Bonchev–Trinajstić information content (AvgIpc) is 2.33. The van der Waals surface area contributed by atoms with Gasteiger partial charge in [0.1, 0.15) is 0 Å². The van der Waals surface area contributed by atoms with Crippen LogP contribution >= 0.6 is 0 Å². The SMILES string of the molecule is CC1=CCN(CC(C)(C)N2CCNCC2)CC1. The summed E-state index contributed by atoms with van der Waals surface area (Å²) in [6.07, 6.45) is 3.63. The second-order valence-corrected chi connectivity index (χ2v) is 6.09. The predicted molar refractivity (Wildman–Crippen MR) is 73.3 cm³/mol. The molecule has 2 aliphatic heterocycles. The Balaban J connectivity index is 1.87. The first-order valence-electron chi connectivity index (χ1n) is 6.92. The first kappa shape index (κ1) is 13.1. The summed E-state index contributed by atoms with van der Waals surface area (Å²) in [5.41, 5.74) is 1.86. The van der Waals surface area contributed by atoms with Crippen molar-refractivity contribution in [2.24, 2.45) is 0 Å². The maximum absolute atomic E-state index is 3.43. The highest BCUT2D eigenvalue weighted by Crippen LogP contribution is 2.19. The summed E-state index contributed by atoms with van der Waals surface area (Å²) in [6.45, 7) is 15.3. The molecule has 0 amide bonds. The highest BCUT2D eigenvalue weighted by molar-refractivity contribution is 5.04. The van der Waals surface area contributed by atoms with Crippen molar-refractivity contribution in [3.63, 3.8) is 0 Å². The van der Waals surface area contributed by atoms with Crippen LogP contribution in [0.25, 0.3) is 0 Å². The van der Waals surface area contributed by atoms with E-state index >= 15 is 0 Å². The molecule has 0 saturated carbocycles. The summed E-state index contributed by atoms with van der Waals surface area (Å²) in [7, 11) is 0. The zero-order valence-electron chi connectivity index (χ0n) is 11.6. The van der Waals surface area contributed by atoms with Crippen LogP contribution in [0, 0.1) is 0 Å². The first-order chi connectivity index (χ1) is 8.08. The Morgan fingerprint density at radius 3 is 2.53 bits per heavy atom. The van der Waals surface area contributed by atoms with Crippen molar-refractivity contribution in [2.75, 3.05) is 45.8 Å². The van der Waals surface area contributed by atoms with Crippen LogP contribution in [0.15, 0.2) is 11.6 Å². The van der Waals surface area contributed by atoms with Crippen LogP contribution in [0.3, 0.4) is 0 Å². The van der Waals surface area contributed by atoms with E-state index in [0.29, 0.717) is 5.54 Å². The number of nitrogens with zero attached hydrogens (tertiary/aromatic N) is 2. The van der Waals surface area contributed by atoms with Crippen molar-refractivity contribution >= 4 is 0 Å². The minimum atomic E-state index is 0.307. The Bertz CT molecular complexity index is 277. The van der Waals surface area contributed by atoms with Gasteiger partial charge in [-0.25, -0.2) is 0 Å². The van der Waals surface area contributed by atoms with Gasteiger partial charge in [-0.2, -0.15) is 0 Å². The van der Waals surface area contributed by atoms with Gasteiger partial charge in [-0.05, 0) is 27.2 Å². The monoisotopic (exact) mass is 237 g/mol. The minimum absolute atomic E-state index is 0.307. The Labute approximate surface area is 106 Å². The largest absolute Gasteiger partial charge is 0.314 e. The van der Waals surface area contributed by atoms with E-state index in [1.807, 2.05) is 0 Å². The van der Waals surface area contributed by atoms with Crippen molar-refractivity contribution in [3.05, 3.63) is 11.6 Å². The van der Waals surface area contributed by atoms with Gasteiger partial charge in [-0.1, -0.05) is 11.6 Å². The van der Waals surface area contributed by atoms with Crippen LogP contribution < -0.4 is 5.32 Å². The highest BCUT2D eigenvalue weighted by Gasteiger charge is 2.29. The lowest BCUT2D eigenvalue weighted by molar-refractivity contribution is 0.0658. The number of rotatable bonds is 3. The Kier molecular flexibility index (Phi) is 4.23. The van der Waals surface area contributed by atoms with Crippen molar-refractivity contribution in [2.45, 2.75) is 32.7 Å². The van der Waals surface area contributed by atoms with Gasteiger partial charge in [-0.3, -0.25) is 9.80 Å². The van der Waals surface area contributed by atoms with Gasteiger partial charge in [0.2, 0.25) is 0 Å². The van der Waals surface area contributed by atoms with Crippen LogP contribution in [0.2, 0.25) is 0 Å². The summed E-state index contributed by atoms with van der Waals surface area (Å²) in [5.74, 6) is 0. The number of hydrogen-bond acceptors (Lipinski definition) is 3. The van der Waals surface area contributed by atoms with Crippen molar-refractivity contribution in [1.29, 1.82) is 0 Å². The van der Waals surface area contributed by atoms with Gasteiger partial charge in [0.05, 0.1) is 0 Å². The zero-order chi connectivity index (χ0) is 12.3. The number of hydrogen-bond donors (Lipinski definition) is 1. The molecular formula is C14H27N3. The third kappa shape index (κ3) is 3.54. The fourth-order valence-corrected chi connectivity index (χ4v) is 2.87. The Hall–Kier alpha value is -0.380. The normalized spacial score (nSPS) is 24.8. The smallest absolute Gasteiger partial charge is 0.0281 e. The van der Waals surface area contributed by atoms with E-state index in [4.69, 9.17) is 0 Å². The molecule has 0 unspecified atom stereocenters. The van der Waals surface area contributed by atoms with E-state index in [2.05, 4.69) is 42.0 Å². The van der Waals surface area contributed by atoms with Crippen molar-refractivity contribution in [3.8, 4) is 0 Å². The molecule has 0 aromatic rings. The second-order valence-electron chi connectivity index (χ2n) is 6.09. The topological polar surface area (TPSA) is 18.5 Å². The molecule has 0 spiro atoms. The molecule has 0 bridgehead atoms. The molecule has 3 heteroatoms. The maximum Gasteiger partial charge on any atom is 0.0281 e. The van der Waals surface area contributed by atoms with E-state index in [9.17, 15) is 0 Å². The standard InChI is InChI=1S/C14H27N3/c1-13-4-8-16(9-5-13)12-14(2,3)17-10-6-15-7-11-17/h4,15H,5-12H2,1-3H3. The Morgan fingerprint density at radius 2 is 1.94 bits per heavy atom. The van der Waals surface area contributed by atoms with Gasteiger partial charge < -0.3 is 5.32 Å². The minimum Gasteiger partial charge on any atom is -0.314 e. The van der Waals surface area contributed by atoms with E-state index in [1.54, 1.807) is 5.57 Å². The summed E-state index contributed by atoms with van der Waals surface area (Å²) in [4.78, 5) is 5.23. The third-order valence-corrected chi connectivity index (χ3v) is 4.10. The molecule has 1 saturated heterocycles. The molecule has 0 atom stereocenters. The molecule has 0 aromatic carbocycles. The van der Waals surface area contributed by atoms with E-state index < -0.39 is 0 Å². The van der Waals surface area contributed by atoms with Crippen LogP contribution in [-0.2, 0) is 0 Å². The molecule has 1 fully saturated rings. The van der Waals surface area contributed by atoms with E-state index in [-0.39, 0.29) is 0 Å². The molecule has 17 heavy (non-hydrogen) atoms. The lowest BCUT2D eigenvalue weighted by atomic mass is 9.99. The fraction of sp³-hybridized carbons (Fsp3) is 0.857. The van der Waals surface area contributed by atoms with Crippen LogP contribution in [-0.4, -0.2) is 61.2 Å². The average molecular weight is 237 g/mol. The van der Waals surface area contributed by atoms with Gasteiger partial charge in [0, 0.05) is 51.4 Å². The summed E-state index contributed by atoms with van der Waals surface area (Å²) in [6, 6.07) is 0. The Morgan fingerprint density at radius 1 is 1.24 bits per heavy atom. The number of nitrogens with one attached hydrogen (secondary N) is 1. The maximum atomic E-state index is 3.43. The van der Waals surface area contributed by atoms with Gasteiger partial charge >= 0.3 is 0 Å². The zero-order valence-corrected chi connectivity index (χ0v) is 11.6. The summed E-state index contributed by atoms with van der Waals surface area (Å²) in [5, 5.41) is 3.43. The second kappa shape index (κ2) is 5.51. The van der Waals surface area contributed by atoms with Crippen LogP contribution in [0.1, 0.15) is 27.2 Å². The van der Waals surface area contributed by atoms with E-state index in [0.717, 1.165) is 19.6 Å². The van der Waals surface area contributed by atoms with Gasteiger partial charge in [-0.15, -0.1) is 0 Å². The highest BCUT2D eigenvalue weighted by atomic mass is 15.3. The summed E-state index contributed by atoms with van der Waals surface area (Å²) >= 11 is 0. The number of piperazine rings is 1. The molecule has 2 rings (SSSR count). The van der Waals surface area contributed by atoms with E-state index in [1.165, 1.54) is 32.6 Å². The lowest BCUT2D eigenvalue weighted by Crippen LogP contribution is -2.58. The molecule has 0 aromatic heterocycles. The van der Waals surface area contributed by atoms with Crippen molar-refractivity contribution in [1.82, 2.24) is 15.1 Å². The van der Waals surface area contributed by atoms with Crippen molar-refractivity contribution < 1.29 is 0 Å².